The Kier molecular flexibility index (Phi) is 9.79. The van der Waals surface area contributed by atoms with Crippen molar-refractivity contribution in [2.24, 2.45) is 0 Å². The third-order valence-corrected chi connectivity index (χ3v) is 4.34. The molecule has 1 aliphatic heterocycles. The Morgan fingerprint density at radius 2 is 1.67 bits per heavy atom. The van der Waals surface area contributed by atoms with Crippen molar-refractivity contribution in [2.75, 3.05) is 33.0 Å². The molecule has 0 spiro atoms. The van der Waals surface area contributed by atoms with E-state index in [1.807, 2.05) is 0 Å². The largest absolute Gasteiger partial charge is 0.393 e. The van der Waals surface area contributed by atoms with Crippen LogP contribution in [0.15, 0.2) is 0 Å². The van der Waals surface area contributed by atoms with E-state index in [9.17, 15) is 0 Å². The van der Waals surface area contributed by atoms with Crippen LogP contribution in [0, 0.1) is 0 Å². The molecule has 5 heteroatoms. The van der Waals surface area contributed by atoms with Crippen LogP contribution in [-0.4, -0.2) is 48.4 Å². The summed E-state index contributed by atoms with van der Waals surface area (Å²) in [7, 11) is -1.13. The smallest absolute Gasteiger partial charge is 0.386 e. The molecule has 1 fully saturated rings. The second-order valence-corrected chi connectivity index (χ2v) is 6.38. The van der Waals surface area contributed by atoms with E-state index in [4.69, 9.17) is 18.3 Å². The Morgan fingerprint density at radius 1 is 1.06 bits per heavy atom. The van der Waals surface area contributed by atoms with Crippen molar-refractivity contribution < 1.29 is 18.3 Å². The zero-order chi connectivity index (χ0) is 13.1. The quantitative estimate of drug-likeness (QED) is 0.294. The predicted octanol–water partition coefficient (Wildman–Crippen LogP) is 2.52. The van der Waals surface area contributed by atoms with E-state index < -0.39 is 9.28 Å². The molecule has 1 saturated heterocycles. The van der Waals surface area contributed by atoms with Crippen molar-refractivity contribution in [2.45, 2.75) is 51.7 Å². The normalized spacial score (nSPS) is 18.5. The molecule has 107 valence electrons. The van der Waals surface area contributed by atoms with Crippen molar-refractivity contribution in [1.82, 2.24) is 0 Å². The molecule has 1 unspecified atom stereocenters. The molecule has 1 radical (unpaired) electrons. The molecule has 1 rings (SSSR count). The Balaban J connectivity index is 2.02. The molecule has 4 nitrogen and oxygen atoms in total. The Bertz CT molecular complexity index is 178. The predicted molar refractivity (Wildman–Crippen MR) is 72.8 cm³/mol. The van der Waals surface area contributed by atoms with Gasteiger partial charge in [0.15, 0.2) is 0 Å². The molecule has 0 bridgehead atoms. The maximum absolute atomic E-state index is 5.82. The van der Waals surface area contributed by atoms with Crippen LogP contribution in [0.25, 0.3) is 0 Å². The highest BCUT2D eigenvalue weighted by atomic mass is 28.3. The summed E-state index contributed by atoms with van der Waals surface area (Å²) in [4.78, 5) is 0. The minimum Gasteiger partial charge on any atom is -0.393 e. The lowest BCUT2D eigenvalue weighted by Gasteiger charge is -2.15. The number of rotatable bonds is 13. The lowest BCUT2D eigenvalue weighted by atomic mass is 10.4. The van der Waals surface area contributed by atoms with Crippen molar-refractivity contribution in [3.63, 3.8) is 0 Å². The highest BCUT2D eigenvalue weighted by Gasteiger charge is 2.23. The molecule has 0 aromatic carbocycles. The van der Waals surface area contributed by atoms with Gasteiger partial charge in [0.2, 0.25) is 0 Å². The van der Waals surface area contributed by atoms with Gasteiger partial charge in [-0.3, -0.25) is 0 Å². The van der Waals surface area contributed by atoms with Crippen molar-refractivity contribution in [3.05, 3.63) is 0 Å². The van der Waals surface area contributed by atoms with Crippen LogP contribution in [0.3, 0.4) is 0 Å². The Hall–Kier alpha value is 0.0569. The van der Waals surface area contributed by atoms with Gasteiger partial charge in [-0.05, 0) is 12.8 Å². The van der Waals surface area contributed by atoms with Gasteiger partial charge in [-0.1, -0.05) is 26.7 Å². The van der Waals surface area contributed by atoms with Crippen molar-refractivity contribution in [3.8, 4) is 0 Å². The Morgan fingerprint density at radius 3 is 2.17 bits per heavy atom. The van der Waals surface area contributed by atoms with Gasteiger partial charge in [0.05, 0.1) is 13.2 Å². The first-order valence-electron chi connectivity index (χ1n) is 7.17. The summed E-state index contributed by atoms with van der Waals surface area (Å²) < 4.78 is 22.3. The number of ether oxygens (including phenoxy) is 2. The molecular weight excluding hydrogens is 248 g/mol. The molecule has 0 saturated carbocycles. The van der Waals surface area contributed by atoms with E-state index in [1.165, 1.54) is 12.8 Å². The molecule has 1 heterocycles. The monoisotopic (exact) mass is 275 g/mol. The van der Waals surface area contributed by atoms with Crippen LogP contribution < -0.4 is 0 Å². The van der Waals surface area contributed by atoms with E-state index in [1.54, 1.807) is 0 Å². The standard InChI is InChI=1S/C13H27O4Si/c1-3-5-7-16-18(17-8-6-4-2)10-9-14-11-13-12-15-13/h13H,3-12H2,1-2H3. The SMILES string of the molecule is CCCCO[Si](CCOCC1CO1)OCCCC. The fourth-order valence-corrected chi connectivity index (χ4v) is 2.81. The highest BCUT2D eigenvalue weighted by molar-refractivity contribution is 6.44. The van der Waals surface area contributed by atoms with Crippen molar-refractivity contribution in [1.29, 1.82) is 0 Å². The highest BCUT2D eigenvalue weighted by Crippen LogP contribution is 2.09. The fourth-order valence-electron chi connectivity index (χ4n) is 1.38. The van der Waals surface area contributed by atoms with E-state index >= 15 is 0 Å². The van der Waals surface area contributed by atoms with Gasteiger partial charge in [-0.25, -0.2) is 0 Å². The van der Waals surface area contributed by atoms with E-state index in [0.29, 0.717) is 6.10 Å². The summed E-state index contributed by atoms with van der Waals surface area (Å²) in [6.07, 6.45) is 4.91. The molecule has 1 aliphatic rings. The van der Waals surface area contributed by atoms with Gasteiger partial charge in [0.1, 0.15) is 6.10 Å². The van der Waals surface area contributed by atoms with Gasteiger partial charge in [0, 0.05) is 25.9 Å². The van der Waals surface area contributed by atoms with Crippen LogP contribution in [0.4, 0.5) is 0 Å². The molecular formula is C13H27O4Si. The second-order valence-electron chi connectivity index (χ2n) is 4.56. The molecule has 0 aromatic rings. The summed E-state index contributed by atoms with van der Waals surface area (Å²) in [5.41, 5.74) is 0. The number of hydrogen-bond acceptors (Lipinski definition) is 4. The van der Waals surface area contributed by atoms with Crippen LogP contribution in [0.5, 0.6) is 0 Å². The van der Waals surface area contributed by atoms with Crippen LogP contribution in [0.2, 0.25) is 6.04 Å². The van der Waals surface area contributed by atoms with Gasteiger partial charge < -0.3 is 18.3 Å². The number of hydrogen-bond donors (Lipinski definition) is 0. The van der Waals surface area contributed by atoms with Crippen molar-refractivity contribution >= 4 is 9.28 Å². The van der Waals surface area contributed by atoms with Gasteiger partial charge in [-0.2, -0.15) is 0 Å². The van der Waals surface area contributed by atoms with Crippen LogP contribution in [0.1, 0.15) is 39.5 Å². The third-order valence-electron chi connectivity index (χ3n) is 2.68. The van der Waals surface area contributed by atoms with E-state index in [-0.39, 0.29) is 0 Å². The lowest BCUT2D eigenvalue weighted by molar-refractivity contribution is 0.116. The average molecular weight is 275 g/mol. The average Bonchev–Trinajstić information content (AvgIpc) is 3.18. The fraction of sp³-hybridized carbons (Fsp3) is 1.00. The molecule has 1 atom stereocenters. The number of unbranched alkanes of at least 4 members (excludes halogenated alkanes) is 2. The minimum absolute atomic E-state index is 0.350. The first-order chi connectivity index (χ1) is 8.86. The van der Waals surface area contributed by atoms with E-state index in [0.717, 1.165) is 51.9 Å². The van der Waals surface area contributed by atoms with Crippen LogP contribution >= 0.6 is 0 Å². The summed E-state index contributed by atoms with van der Waals surface area (Å²) in [5, 5.41) is 0. The number of epoxide rings is 1. The first kappa shape index (κ1) is 16.1. The topological polar surface area (TPSA) is 40.2 Å². The second kappa shape index (κ2) is 10.9. The van der Waals surface area contributed by atoms with Gasteiger partial charge in [-0.15, -0.1) is 0 Å². The molecule has 0 aromatic heterocycles. The summed E-state index contributed by atoms with van der Waals surface area (Å²) >= 11 is 0. The summed E-state index contributed by atoms with van der Waals surface area (Å²) in [5.74, 6) is 0. The summed E-state index contributed by atoms with van der Waals surface area (Å²) in [6.45, 7) is 8.30. The van der Waals surface area contributed by atoms with Gasteiger partial charge in [0.25, 0.3) is 0 Å². The van der Waals surface area contributed by atoms with Crippen LogP contribution in [-0.2, 0) is 18.3 Å². The maximum atomic E-state index is 5.82. The first-order valence-corrected chi connectivity index (χ1v) is 8.70. The molecule has 18 heavy (non-hydrogen) atoms. The minimum atomic E-state index is -1.13. The molecule has 0 N–H and O–H groups in total. The zero-order valence-corrected chi connectivity index (χ0v) is 12.8. The molecule has 0 amide bonds. The van der Waals surface area contributed by atoms with Gasteiger partial charge >= 0.3 is 9.28 Å². The maximum Gasteiger partial charge on any atom is 0.386 e. The zero-order valence-electron chi connectivity index (χ0n) is 11.8. The molecule has 0 aliphatic carbocycles. The third kappa shape index (κ3) is 9.05. The van der Waals surface area contributed by atoms with E-state index in [2.05, 4.69) is 13.8 Å². The summed E-state index contributed by atoms with van der Waals surface area (Å²) in [6, 6.07) is 0.908. The lowest BCUT2D eigenvalue weighted by Crippen LogP contribution is -2.26. The Labute approximate surface area is 113 Å².